The zero-order chi connectivity index (χ0) is 17.9. The van der Waals surface area contributed by atoms with Gasteiger partial charge in [0, 0.05) is 18.0 Å². The van der Waals surface area contributed by atoms with Crippen molar-refractivity contribution in [1.29, 1.82) is 0 Å². The molecule has 2 heterocycles. The monoisotopic (exact) mass is 382 g/mol. The molecule has 0 spiro atoms. The summed E-state index contributed by atoms with van der Waals surface area (Å²) >= 11 is 3.31. The molecule has 0 bridgehead atoms. The van der Waals surface area contributed by atoms with Crippen LogP contribution in [0.2, 0.25) is 0 Å². The van der Waals surface area contributed by atoms with Gasteiger partial charge in [0.25, 0.3) is 0 Å². The van der Waals surface area contributed by atoms with Crippen LogP contribution < -0.4 is 0 Å². The van der Waals surface area contributed by atoms with Crippen molar-refractivity contribution in [2.24, 2.45) is 5.92 Å². The highest BCUT2D eigenvalue weighted by atomic mass is 32.1. The van der Waals surface area contributed by atoms with E-state index in [0.29, 0.717) is 18.9 Å². The Labute approximate surface area is 162 Å². The van der Waals surface area contributed by atoms with Crippen molar-refractivity contribution in [3.05, 3.63) is 64.5 Å². The van der Waals surface area contributed by atoms with Gasteiger partial charge in [-0.2, -0.15) is 0 Å². The fraction of sp³-hybridized carbons (Fsp3) is 0.333. The summed E-state index contributed by atoms with van der Waals surface area (Å²) in [5.41, 5.74) is 2.07. The molecular weight excluding hydrogens is 360 g/mol. The quantitative estimate of drug-likeness (QED) is 0.560. The predicted octanol–water partition coefficient (Wildman–Crippen LogP) is 5.24. The number of hydrogen-bond donors (Lipinski definition) is 0. The molecule has 1 unspecified atom stereocenters. The van der Waals surface area contributed by atoms with Gasteiger partial charge in [0.2, 0.25) is 5.91 Å². The van der Waals surface area contributed by atoms with Gasteiger partial charge in [0.1, 0.15) is 5.01 Å². The topological polar surface area (TPSA) is 33.2 Å². The maximum absolute atomic E-state index is 13.1. The molecule has 0 N–H and O–H groups in total. The molecule has 1 aromatic carbocycles. The Morgan fingerprint density at radius 1 is 1.19 bits per heavy atom. The Kier molecular flexibility index (Phi) is 5.18. The van der Waals surface area contributed by atoms with Crippen molar-refractivity contribution >= 4 is 28.6 Å². The Balaban J connectivity index is 1.49. The molecule has 0 aliphatic heterocycles. The highest BCUT2D eigenvalue weighted by Crippen LogP contribution is 2.36. The van der Waals surface area contributed by atoms with Gasteiger partial charge < -0.3 is 4.90 Å². The molecular formula is C21H22N2OS2. The van der Waals surface area contributed by atoms with Gasteiger partial charge in [-0.3, -0.25) is 4.79 Å². The molecule has 1 fully saturated rings. The van der Waals surface area contributed by atoms with Gasteiger partial charge in [0.05, 0.1) is 17.0 Å². The summed E-state index contributed by atoms with van der Waals surface area (Å²) in [6.07, 6.45) is 2.85. The second-order valence-corrected chi connectivity index (χ2v) is 8.69. The minimum absolute atomic E-state index is 0.177. The van der Waals surface area contributed by atoms with E-state index in [-0.39, 0.29) is 11.9 Å². The number of carbonyl (C=O) groups is 1. The number of thiophene rings is 1. The number of thiazole rings is 1. The number of benzene rings is 1. The van der Waals surface area contributed by atoms with Crippen LogP contribution in [0.5, 0.6) is 0 Å². The van der Waals surface area contributed by atoms with E-state index in [9.17, 15) is 4.79 Å². The molecule has 1 saturated carbocycles. The van der Waals surface area contributed by atoms with Crippen molar-refractivity contribution in [2.75, 3.05) is 0 Å². The fourth-order valence-corrected chi connectivity index (χ4v) is 4.86. The third-order valence-corrected chi connectivity index (χ3v) is 6.86. The largest absolute Gasteiger partial charge is 0.335 e. The van der Waals surface area contributed by atoms with Crippen LogP contribution in [0.1, 0.15) is 31.0 Å². The maximum Gasteiger partial charge on any atom is 0.229 e. The number of amides is 1. The second kappa shape index (κ2) is 7.72. The van der Waals surface area contributed by atoms with Crippen molar-refractivity contribution in [3.8, 4) is 9.88 Å². The zero-order valence-electron chi connectivity index (χ0n) is 14.8. The Morgan fingerprint density at radius 3 is 2.69 bits per heavy atom. The Bertz CT molecular complexity index is 853. The standard InChI is InChI=1S/C21H22N2OS2/c1-15(17-9-10-17)23(13-16-6-3-2-4-7-16)20(24)12-18-14-26-21(22-18)19-8-5-11-25-19/h2-8,11,14-15,17H,9-10,12-13H2,1H3. The molecule has 1 aliphatic carbocycles. The number of carbonyl (C=O) groups excluding carboxylic acids is 1. The summed E-state index contributed by atoms with van der Waals surface area (Å²) in [7, 11) is 0. The Morgan fingerprint density at radius 2 is 2.00 bits per heavy atom. The van der Waals surface area contributed by atoms with Crippen molar-refractivity contribution in [1.82, 2.24) is 9.88 Å². The van der Waals surface area contributed by atoms with E-state index in [1.165, 1.54) is 23.3 Å². The van der Waals surface area contributed by atoms with E-state index in [1.807, 2.05) is 29.6 Å². The van der Waals surface area contributed by atoms with E-state index in [2.05, 4.69) is 40.4 Å². The molecule has 5 heteroatoms. The summed E-state index contributed by atoms with van der Waals surface area (Å²) < 4.78 is 0. The lowest BCUT2D eigenvalue weighted by Gasteiger charge is -2.29. The summed E-state index contributed by atoms with van der Waals surface area (Å²) in [6.45, 7) is 2.87. The molecule has 134 valence electrons. The number of aromatic nitrogens is 1. The molecule has 4 rings (SSSR count). The van der Waals surface area contributed by atoms with Gasteiger partial charge in [-0.1, -0.05) is 36.4 Å². The van der Waals surface area contributed by atoms with Crippen molar-refractivity contribution < 1.29 is 4.79 Å². The van der Waals surface area contributed by atoms with Crippen LogP contribution in [0.3, 0.4) is 0 Å². The van der Waals surface area contributed by atoms with Crippen LogP contribution in [-0.4, -0.2) is 21.8 Å². The second-order valence-electron chi connectivity index (χ2n) is 6.88. The van der Waals surface area contributed by atoms with Crippen LogP contribution in [0, 0.1) is 5.92 Å². The smallest absolute Gasteiger partial charge is 0.229 e. The van der Waals surface area contributed by atoms with E-state index < -0.39 is 0 Å². The molecule has 1 atom stereocenters. The van der Waals surface area contributed by atoms with Gasteiger partial charge in [-0.15, -0.1) is 22.7 Å². The van der Waals surface area contributed by atoms with Crippen molar-refractivity contribution in [3.63, 3.8) is 0 Å². The van der Waals surface area contributed by atoms with Crippen LogP contribution in [0.15, 0.2) is 53.2 Å². The minimum atomic E-state index is 0.177. The average Bonchev–Trinajstić information content (AvgIpc) is 3.16. The first-order chi connectivity index (χ1) is 12.7. The third-order valence-electron chi connectivity index (χ3n) is 4.93. The predicted molar refractivity (Wildman–Crippen MR) is 108 cm³/mol. The lowest BCUT2D eigenvalue weighted by molar-refractivity contribution is -0.133. The molecule has 0 radical (unpaired) electrons. The average molecular weight is 383 g/mol. The van der Waals surface area contributed by atoms with E-state index in [1.54, 1.807) is 22.7 Å². The number of rotatable bonds is 7. The third kappa shape index (κ3) is 4.05. The minimum Gasteiger partial charge on any atom is -0.335 e. The first-order valence-electron chi connectivity index (χ1n) is 9.02. The van der Waals surface area contributed by atoms with Crippen molar-refractivity contribution in [2.45, 2.75) is 38.8 Å². The number of hydrogen-bond acceptors (Lipinski definition) is 4. The lowest BCUT2D eigenvalue weighted by atomic mass is 10.1. The van der Waals surface area contributed by atoms with Gasteiger partial charge >= 0.3 is 0 Å². The molecule has 1 amide bonds. The van der Waals surface area contributed by atoms with E-state index >= 15 is 0 Å². The van der Waals surface area contributed by atoms with E-state index in [4.69, 9.17) is 0 Å². The summed E-state index contributed by atoms with van der Waals surface area (Å²) in [4.78, 5) is 21.0. The molecule has 3 aromatic rings. The molecule has 26 heavy (non-hydrogen) atoms. The molecule has 1 aliphatic rings. The fourth-order valence-electron chi connectivity index (χ4n) is 3.23. The summed E-state index contributed by atoms with van der Waals surface area (Å²) in [5, 5.41) is 5.09. The van der Waals surface area contributed by atoms with Gasteiger partial charge in [-0.25, -0.2) is 4.98 Å². The molecule has 0 saturated heterocycles. The highest BCUT2D eigenvalue weighted by molar-refractivity contribution is 7.20. The summed E-state index contributed by atoms with van der Waals surface area (Å²) in [6, 6.07) is 14.7. The van der Waals surface area contributed by atoms with E-state index in [0.717, 1.165) is 10.7 Å². The van der Waals surface area contributed by atoms with Crippen LogP contribution in [0.4, 0.5) is 0 Å². The SMILES string of the molecule is CC(C1CC1)N(Cc1ccccc1)C(=O)Cc1csc(-c2cccs2)n1. The summed E-state index contributed by atoms with van der Waals surface area (Å²) in [5.74, 6) is 0.830. The first kappa shape index (κ1) is 17.4. The normalized spacial score (nSPS) is 15.0. The molecule has 2 aromatic heterocycles. The zero-order valence-corrected chi connectivity index (χ0v) is 16.4. The van der Waals surface area contributed by atoms with Crippen LogP contribution >= 0.6 is 22.7 Å². The highest BCUT2D eigenvalue weighted by Gasteiger charge is 2.34. The first-order valence-corrected chi connectivity index (χ1v) is 10.8. The van der Waals surface area contributed by atoms with Gasteiger partial charge in [-0.05, 0) is 42.7 Å². The lowest BCUT2D eigenvalue weighted by Crippen LogP contribution is -2.40. The maximum atomic E-state index is 13.1. The Hall–Kier alpha value is -1.98. The van der Waals surface area contributed by atoms with Crippen LogP contribution in [0.25, 0.3) is 9.88 Å². The van der Waals surface area contributed by atoms with Crippen LogP contribution in [-0.2, 0) is 17.8 Å². The number of nitrogens with zero attached hydrogens (tertiary/aromatic N) is 2. The van der Waals surface area contributed by atoms with Gasteiger partial charge in [0.15, 0.2) is 0 Å². The molecule has 3 nitrogen and oxygen atoms in total.